The quantitative estimate of drug-likeness (QED) is 0.460. The summed E-state index contributed by atoms with van der Waals surface area (Å²) in [7, 11) is 0. The molecule has 0 radical (unpaired) electrons. The molecule has 0 amide bonds. The van der Waals surface area contributed by atoms with Crippen LogP contribution in [0.1, 0.15) is 18.4 Å². The molecule has 9 nitrogen and oxygen atoms in total. The summed E-state index contributed by atoms with van der Waals surface area (Å²) in [4.78, 5) is 8.96. The Kier molecular flexibility index (Phi) is 5.91. The van der Waals surface area contributed by atoms with Crippen LogP contribution in [-0.4, -0.2) is 44.7 Å². The molecule has 0 aliphatic carbocycles. The van der Waals surface area contributed by atoms with E-state index >= 15 is 0 Å². The molecule has 2 aromatic heterocycles. The Morgan fingerprint density at radius 3 is 2.76 bits per heavy atom. The van der Waals surface area contributed by atoms with Crippen LogP contribution in [-0.2, 0) is 4.74 Å². The highest BCUT2D eigenvalue weighted by molar-refractivity contribution is 5.68. The summed E-state index contributed by atoms with van der Waals surface area (Å²) in [5, 5.41) is 23.5. The van der Waals surface area contributed by atoms with Gasteiger partial charge in [-0.2, -0.15) is 20.7 Å². The fraction of sp³-hybridized carbons (Fsp3) is 0.208. The average Bonchev–Trinajstić information content (AvgIpc) is 3.41. The minimum Gasteiger partial charge on any atom is -0.489 e. The van der Waals surface area contributed by atoms with Crippen molar-refractivity contribution in [3.8, 4) is 34.3 Å². The first-order valence-corrected chi connectivity index (χ1v) is 10.6. The summed E-state index contributed by atoms with van der Waals surface area (Å²) < 4.78 is 11.4. The number of nitrogens with zero attached hydrogens (tertiary/aromatic N) is 5. The van der Waals surface area contributed by atoms with Gasteiger partial charge in [-0.15, -0.1) is 0 Å². The predicted molar refractivity (Wildman–Crippen MR) is 122 cm³/mol. The molecule has 1 fully saturated rings. The first kappa shape index (κ1) is 20.6. The minimum absolute atomic E-state index is 0.0690. The van der Waals surface area contributed by atoms with Crippen molar-refractivity contribution in [2.45, 2.75) is 18.9 Å². The fourth-order valence-corrected chi connectivity index (χ4v) is 3.66. The van der Waals surface area contributed by atoms with E-state index in [9.17, 15) is 5.26 Å². The third-order valence-corrected chi connectivity index (χ3v) is 5.34. The zero-order valence-electron chi connectivity index (χ0n) is 17.7. The lowest BCUT2D eigenvalue weighted by molar-refractivity contribution is 0.0254. The monoisotopic (exact) mass is 439 g/mol. The number of nitrogens with one attached hydrogen (secondary N) is 2. The van der Waals surface area contributed by atoms with Gasteiger partial charge < -0.3 is 14.8 Å². The maximum Gasteiger partial charge on any atom is 0.227 e. The standard InChI is InChI=1S/C24H21N7O2/c25-14-18-12-17(4-5-23(18)33-20-7-10-32-11-8-20)21-6-9-26-24(29-21)28-19-3-1-2-16(13-19)22-15-27-31-30-22/h1-6,9,12-13,15,20H,7-8,10-11H2,(H,26,28,29)(H,27,30,31). The topological polar surface area (TPSA) is 122 Å². The van der Waals surface area contributed by atoms with Crippen LogP contribution in [0.25, 0.3) is 22.5 Å². The molecule has 0 bridgehead atoms. The van der Waals surface area contributed by atoms with Crippen molar-refractivity contribution in [3.05, 3.63) is 66.5 Å². The highest BCUT2D eigenvalue weighted by Crippen LogP contribution is 2.28. The maximum absolute atomic E-state index is 9.66. The van der Waals surface area contributed by atoms with E-state index in [1.54, 1.807) is 18.5 Å². The van der Waals surface area contributed by atoms with Crippen LogP contribution in [0.5, 0.6) is 5.75 Å². The summed E-state index contributed by atoms with van der Waals surface area (Å²) in [6.45, 7) is 1.37. The third-order valence-electron chi connectivity index (χ3n) is 5.34. The van der Waals surface area contributed by atoms with Gasteiger partial charge in [0, 0.05) is 35.9 Å². The molecule has 0 spiro atoms. The zero-order chi connectivity index (χ0) is 22.5. The van der Waals surface area contributed by atoms with Crippen LogP contribution in [0, 0.1) is 11.3 Å². The predicted octanol–water partition coefficient (Wildman–Crippen LogP) is 4.10. The molecule has 0 unspecified atom stereocenters. The molecule has 1 aliphatic rings. The van der Waals surface area contributed by atoms with Crippen molar-refractivity contribution in [3.63, 3.8) is 0 Å². The molecule has 33 heavy (non-hydrogen) atoms. The zero-order valence-corrected chi connectivity index (χ0v) is 17.7. The molecule has 2 aromatic carbocycles. The van der Waals surface area contributed by atoms with E-state index in [1.165, 1.54) is 0 Å². The van der Waals surface area contributed by atoms with Gasteiger partial charge in [-0.1, -0.05) is 12.1 Å². The molecule has 1 saturated heterocycles. The SMILES string of the molecule is N#Cc1cc(-c2ccnc(Nc3cccc(-c4cn[nH]n4)c3)n2)ccc1OC1CCOCC1. The Hall–Kier alpha value is -4.29. The number of hydrogen-bond acceptors (Lipinski definition) is 8. The molecule has 3 heterocycles. The van der Waals surface area contributed by atoms with Crippen molar-refractivity contribution in [1.82, 2.24) is 25.4 Å². The summed E-state index contributed by atoms with van der Waals surface area (Å²) in [5.74, 6) is 1.04. The van der Waals surface area contributed by atoms with Gasteiger partial charge in [0.2, 0.25) is 5.95 Å². The number of aromatic nitrogens is 5. The summed E-state index contributed by atoms with van der Waals surface area (Å²) >= 11 is 0. The van der Waals surface area contributed by atoms with E-state index in [0.717, 1.165) is 35.3 Å². The van der Waals surface area contributed by atoms with Gasteiger partial charge in [0.25, 0.3) is 0 Å². The number of benzene rings is 2. The normalized spacial score (nSPS) is 13.9. The van der Waals surface area contributed by atoms with Gasteiger partial charge in [-0.05, 0) is 36.4 Å². The van der Waals surface area contributed by atoms with Gasteiger partial charge in [0.1, 0.15) is 23.6 Å². The molecule has 1 aliphatic heterocycles. The number of ether oxygens (including phenoxy) is 2. The number of anilines is 2. The van der Waals surface area contributed by atoms with Gasteiger partial charge in [0.05, 0.1) is 30.7 Å². The highest BCUT2D eigenvalue weighted by Gasteiger charge is 2.17. The smallest absolute Gasteiger partial charge is 0.227 e. The number of hydrogen-bond donors (Lipinski definition) is 2. The Bertz CT molecular complexity index is 1280. The molecule has 4 aromatic rings. The summed E-state index contributed by atoms with van der Waals surface area (Å²) in [6, 6.07) is 17.3. The lowest BCUT2D eigenvalue weighted by atomic mass is 10.1. The van der Waals surface area contributed by atoms with E-state index in [-0.39, 0.29) is 6.10 Å². The third kappa shape index (κ3) is 4.81. The van der Waals surface area contributed by atoms with Crippen LogP contribution in [0.15, 0.2) is 60.9 Å². The molecule has 0 saturated carbocycles. The van der Waals surface area contributed by atoms with E-state index < -0.39 is 0 Å². The van der Waals surface area contributed by atoms with E-state index in [1.807, 2.05) is 42.5 Å². The van der Waals surface area contributed by atoms with E-state index in [4.69, 9.17) is 9.47 Å². The summed E-state index contributed by atoms with van der Waals surface area (Å²) in [5.41, 5.74) is 4.49. The Labute approximate surface area is 190 Å². The average molecular weight is 439 g/mol. The van der Waals surface area contributed by atoms with E-state index in [2.05, 4.69) is 36.8 Å². The molecular weight excluding hydrogens is 418 g/mol. The van der Waals surface area contributed by atoms with Crippen molar-refractivity contribution in [2.75, 3.05) is 18.5 Å². The first-order chi connectivity index (χ1) is 16.3. The van der Waals surface area contributed by atoms with Crippen LogP contribution in [0.4, 0.5) is 11.6 Å². The number of aromatic amines is 1. The summed E-state index contributed by atoms with van der Waals surface area (Å²) in [6.07, 6.45) is 5.07. The van der Waals surface area contributed by atoms with E-state index in [0.29, 0.717) is 36.2 Å². The molecule has 2 N–H and O–H groups in total. The number of H-pyrrole nitrogens is 1. The molecule has 5 rings (SSSR count). The second kappa shape index (κ2) is 9.46. The van der Waals surface area contributed by atoms with Gasteiger partial charge in [-0.3, -0.25) is 0 Å². The van der Waals surface area contributed by atoms with Crippen molar-refractivity contribution < 1.29 is 9.47 Å². The lowest BCUT2D eigenvalue weighted by Gasteiger charge is -2.23. The highest BCUT2D eigenvalue weighted by atomic mass is 16.5. The van der Waals surface area contributed by atoms with Crippen molar-refractivity contribution in [1.29, 1.82) is 5.26 Å². The van der Waals surface area contributed by atoms with Gasteiger partial charge in [0.15, 0.2) is 0 Å². The number of rotatable bonds is 6. The second-order valence-corrected chi connectivity index (χ2v) is 7.58. The lowest BCUT2D eigenvalue weighted by Crippen LogP contribution is -2.26. The van der Waals surface area contributed by atoms with Crippen molar-refractivity contribution in [2.24, 2.45) is 0 Å². The largest absolute Gasteiger partial charge is 0.489 e. The fourth-order valence-electron chi connectivity index (χ4n) is 3.66. The Morgan fingerprint density at radius 2 is 1.94 bits per heavy atom. The molecule has 164 valence electrons. The molecular formula is C24H21N7O2. The van der Waals surface area contributed by atoms with Crippen LogP contribution in [0.3, 0.4) is 0 Å². The first-order valence-electron chi connectivity index (χ1n) is 10.6. The number of nitriles is 1. The van der Waals surface area contributed by atoms with Gasteiger partial charge >= 0.3 is 0 Å². The van der Waals surface area contributed by atoms with Crippen LogP contribution in [0.2, 0.25) is 0 Å². The maximum atomic E-state index is 9.66. The molecule has 9 heteroatoms. The van der Waals surface area contributed by atoms with Crippen LogP contribution >= 0.6 is 0 Å². The Morgan fingerprint density at radius 1 is 1.06 bits per heavy atom. The van der Waals surface area contributed by atoms with Gasteiger partial charge in [-0.25, -0.2) is 9.97 Å². The van der Waals surface area contributed by atoms with Crippen molar-refractivity contribution >= 4 is 11.6 Å². The van der Waals surface area contributed by atoms with Crippen LogP contribution < -0.4 is 10.1 Å². The molecule has 0 atom stereocenters. The Balaban J connectivity index is 1.36. The second-order valence-electron chi connectivity index (χ2n) is 7.58. The minimum atomic E-state index is 0.0690.